The SMILES string of the molecule is c1ccc(-c2nc(-n3c4ccc(-c5ccc6c7cnccc7n(-c7ccc8ccccc8c7)c6c5)cc4c4c5ccccc5c5sc6ccccc6c5c43)c3oc4c5ccccc5ccc4c3n2)cc1. The first-order chi connectivity index (χ1) is 34.7. The van der Waals surface area contributed by atoms with Crippen molar-refractivity contribution >= 4 is 130 Å². The fraction of sp³-hybridized carbons (Fsp3) is 0. The summed E-state index contributed by atoms with van der Waals surface area (Å²) in [7, 11) is 0. The lowest BCUT2D eigenvalue weighted by molar-refractivity contribution is 0.666. The predicted molar refractivity (Wildman–Crippen MR) is 292 cm³/mol. The van der Waals surface area contributed by atoms with Crippen LogP contribution in [0.4, 0.5) is 0 Å². The standard InChI is InChI=1S/C63H35N5OS/c1-2-14-38(15-3-1)62-65-57-48-28-23-37-13-6-7-17-43(37)59(48)69-60(57)63(66-62)68-51-29-25-40(33-49(51)55-45-18-8-9-19-46(45)61-56(58(55)68)47-20-10-11-21-54(47)70-61)41-24-27-44-50-35-64-31-30-52(50)67(53(44)34-41)42-26-22-36-12-4-5-16-39(36)32-42/h1-35H. The molecule has 6 nitrogen and oxygen atoms in total. The summed E-state index contributed by atoms with van der Waals surface area (Å²) < 4.78 is 14.4. The maximum absolute atomic E-state index is 7.16. The normalized spacial score (nSPS) is 12.3. The van der Waals surface area contributed by atoms with Gasteiger partial charge in [0.1, 0.15) is 11.1 Å². The van der Waals surface area contributed by atoms with Gasteiger partial charge in [0.25, 0.3) is 0 Å². The number of nitrogens with zero attached hydrogens (tertiary/aromatic N) is 5. The first kappa shape index (κ1) is 37.9. The fourth-order valence-corrected chi connectivity index (χ4v) is 12.7. The number of benzene rings is 10. The molecule has 0 aliphatic carbocycles. The smallest absolute Gasteiger partial charge is 0.197 e. The highest BCUT2D eigenvalue weighted by Crippen LogP contribution is 2.50. The molecule has 6 aromatic heterocycles. The maximum Gasteiger partial charge on any atom is 0.197 e. The Hall–Kier alpha value is -9.17. The molecule has 0 bridgehead atoms. The van der Waals surface area contributed by atoms with Gasteiger partial charge in [0.05, 0.1) is 22.1 Å². The van der Waals surface area contributed by atoms with Crippen LogP contribution in [-0.4, -0.2) is 24.1 Å². The summed E-state index contributed by atoms with van der Waals surface area (Å²) in [5, 5.41) is 15.0. The van der Waals surface area contributed by atoms with E-state index in [0.29, 0.717) is 17.2 Å². The minimum Gasteiger partial charge on any atom is -0.450 e. The van der Waals surface area contributed by atoms with E-state index >= 15 is 0 Å². The first-order valence-corrected chi connectivity index (χ1v) is 24.4. The Labute approximate surface area is 402 Å². The third-order valence-electron chi connectivity index (χ3n) is 14.6. The second-order valence-electron chi connectivity index (χ2n) is 18.3. The van der Waals surface area contributed by atoms with Crippen molar-refractivity contribution < 1.29 is 4.42 Å². The van der Waals surface area contributed by atoms with Gasteiger partial charge in [-0.25, -0.2) is 9.97 Å². The molecule has 0 spiro atoms. The molecule has 0 aliphatic rings. The van der Waals surface area contributed by atoms with Crippen LogP contribution in [0.5, 0.6) is 0 Å². The van der Waals surface area contributed by atoms with E-state index in [2.05, 4.69) is 196 Å². The number of fused-ring (bicyclic) bond motifs is 19. The van der Waals surface area contributed by atoms with Crippen molar-refractivity contribution in [1.29, 1.82) is 0 Å². The van der Waals surface area contributed by atoms with Crippen molar-refractivity contribution in [2.75, 3.05) is 0 Å². The summed E-state index contributed by atoms with van der Waals surface area (Å²) >= 11 is 1.86. The molecule has 0 N–H and O–H groups in total. The molecule has 0 amide bonds. The van der Waals surface area contributed by atoms with Crippen LogP contribution in [0.1, 0.15) is 0 Å². The van der Waals surface area contributed by atoms with Crippen molar-refractivity contribution in [1.82, 2.24) is 24.1 Å². The van der Waals surface area contributed by atoms with E-state index in [4.69, 9.17) is 14.4 Å². The maximum atomic E-state index is 7.16. The Bertz CT molecular complexity index is 4900. The van der Waals surface area contributed by atoms with Crippen LogP contribution < -0.4 is 0 Å². The molecule has 10 aromatic carbocycles. The highest BCUT2D eigenvalue weighted by atomic mass is 32.1. The molecule has 0 saturated carbocycles. The molecular weight excluding hydrogens is 875 g/mol. The molecule has 16 rings (SSSR count). The molecule has 70 heavy (non-hydrogen) atoms. The fourth-order valence-electron chi connectivity index (χ4n) is 11.4. The summed E-state index contributed by atoms with van der Waals surface area (Å²) in [5.41, 5.74) is 10.9. The molecule has 0 unspecified atom stereocenters. The summed E-state index contributed by atoms with van der Waals surface area (Å²) in [6.45, 7) is 0. The number of thiophene rings is 1. The van der Waals surface area contributed by atoms with E-state index < -0.39 is 0 Å². The summed E-state index contributed by atoms with van der Waals surface area (Å²) in [6, 6.07) is 72.1. The van der Waals surface area contributed by atoms with Crippen molar-refractivity contribution in [3.63, 3.8) is 0 Å². The second kappa shape index (κ2) is 14.2. The lowest BCUT2D eigenvalue weighted by atomic mass is 9.97. The third-order valence-corrected chi connectivity index (χ3v) is 15.8. The van der Waals surface area contributed by atoms with Gasteiger partial charge < -0.3 is 8.98 Å². The van der Waals surface area contributed by atoms with E-state index in [1.54, 1.807) is 0 Å². The Morgan fingerprint density at radius 1 is 0.414 bits per heavy atom. The minimum atomic E-state index is 0.642. The average molecular weight is 910 g/mol. The molecule has 0 fully saturated rings. The van der Waals surface area contributed by atoms with Crippen LogP contribution in [0.15, 0.2) is 217 Å². The van der Waals surface area contributed by atoms with Crippen LogP contribution in [0, 0.1) is 0 Å². The number of hydrogen-bond donors (Lipinski definition) is 0. The first-order valence-electron chi connectivity index (χ1n) is 23.6. The largest absolute Gasteiger partial charge is 0.450 e. The summed E-state index contributed by atoms with van der Waals surface area (Å²) in [5.74, 6) is 1.35. The second-order valence-corrected chi connectivity index (χ2v) is 19.4. The van der Waals surface area contributed by atoms with Crippen LogP contribution in [0.3, 0.4) is 0 Å². The summed E-state index contributed by atoms with van der Waals surface area (Å²) in [4.78, 5) is 15.5. The van der Waals surface area contributed by atoms with E-state index in [9.17, 15) is 0 Å². The average Bonchev–Trinajstić information content (AvgIpc) is 4.19. The highest BCUT2D eigenvalue weighted by molar-refractivity contribution is 7.27. The van der Waals surface area contributed by atoms with Crippen molar-refractivity contribution in [2.45, 2.75) is 0 Å². The van der Waals surface area contributed by atoms with Gasteiger partial charge in [-0.05, 0) is 81.2 Å². The van der Waals surface area contributed by atoms with E-state index in [-0.39, 0.29) is 0 Å². The van der Waals surface area contributed by atoms with Crippen LogP contribution in [0.25, 0.3) is 152 Å². The quantitative estimate of drug-likeness (QED) is 0.176. The lowest BCUT2D eigenvalue weighted by Crippen LogP contribution is -2.02. The predicted octanol–water partition coefficient (Wildman–Crippen LogP) is 17.1. The molecule has 0 atom stereocenters. The minimum absolute atomic E-state index is 0.642. The van der Waals surface area contributed by atoms with Crippen LogP contribution >= 0.6 is 11.3 Å². The van der Waals surface area contributed by atoms with Gasteiger partial charge in [0, 0.05) is 81.5 Å². The number of rotatable bonds is 4. The number of aromatic nitrogens is 5. The van der Waals surface area contributed by atoms with Crippen LogP contribution in [-0.2, 0) is 0 Å². The van der Waals surface area contributed by atoms with E-state index in [1.165, 1.54) is 47.1 Å². The topological polar surface area (TPSA) is 61.7 Å². The van der Waals surface area contributed by atoms with Gasteiger partial charge in [-0.3, -0.25) is 9.55 Å². The summed E-state index contributed by atoms with van der Waals surface area (Å²) in [6.07, 6.45) is 3.89. The Balaban J connectivity index is 1.04. The van der Waals surface area contributed by atoms with E-state index in [0.717, 1.165) is 87.9 Å². The molecule has 0 radical (unpaired) electrons. The van der Waals surface area contributed by atoms with Gasteiger partial charge in [0.15, 0.2) is 17.2 Å². The number of pyridine rings is 1. The number of furan rings is 1. The van der Waals surface area contributed by atoms with Crippen molar-refractivity contribution in [3.8, 4) is 34.0 Å². The third kappa shape index (κ3) is 5.24. The van der Waals surface area contributed by atoms with Crippen molar-refractivity contribution in [3.05, 3.63) is 213 Å². The molecule has 0 saturated heterocycles. The molecule has 324 valence electrons. The Kier molecular flexibility index (Phi) is 7.67. The lowest BCUT2D eigenvalue weighted by Gasteiger charge is -2.12. The molecular formula is C63H35N5OS. The van der Waals surface area contributed by atoms with Gasteiger partial charge >= 0.3 is 0 Å². The zero-order valence-corrected chi connectivity index (χ0v) is 38.1. The molecule has 6 heterocycles. The monoisotopic (exact) mass is 909 g/mol. The zero-order valence-electron chi connectivity index (χ0n) is 37.3. The highest BCUT2D eigenvalue weighted by Gasteiger charge is 2.27. The Morgan fingerprint density at radius 3 is 2.03 bits per heavy atom. The van der Waals surface area contributed by atoms with Crippen LogP contribution in [0.2, 0.25) is 0 Å². The number of hydrogen-bond acceptors (Lipinski definition) is 5. The van der Waals surface area contributed by atoms with Gasteiger partial charge in [0.2, 0.25) is 0 Å². The van der Waals surface area contributed by atoms with Gasteiger partial charge in [-0.15, -0.1) is 11.3 Å². The van der Waals surface area contributed by atoms with Gasteiger partial charge in [-0.1, -0.05) is 152 Å². The van der Waals surface area contributed by atoms with E-state index in [1.807, 2.05) is 41.9 Å². The van der Waals surface area contributed by atoms with Gasteiger partial charge in [-0.2, -0.15) is 0 Å². The molecule has 7 heteroatoms. The molecule has 0 aliphatic heterocycles. The van der Waals surface area contributed by atoms with Crippen molar-refractivity contribution in [2.24, 2.45) is 0 Å². The zero-order chi connectivity index (χ0) is 45.6. The molecule has 16 aromatic rings. The Morgan fingerprint density at radius 2 is 1.13 bits per heavy atom.